The molecule has 0 amide bonds. The fourth-order valence-corrected chi connectivity index (χ4v) is 3.40. The lowest BCUT2D eigenvalue weighted by molar-refractivity contribution is 0.0365. The van der Waals surface area contributed by atoms with E-state index in [4.69, 9.17) is 29.3 Å². The van der Waals surface area contributed by atoms with Gasteiger partial charge >= 0.3 is 0 Å². The molecule has 28 heavy (non-hydrogen) atoms. The second-order valence-electron chi connectivity index (χ2n) is 6.51. The van der Waals surface area contributed by atoms with Crippen molar-refractivity contribution in [3.05, 3.63) is 50.5 Å². The Morgan fingerprint density at radius 2 is 2.07 bits per heavy atom. The van der Waals surface area contributed by atoms with Crippen LogP contribution in [0.4, 0.5) is 5.95 Å². The first-order valence-electron chi connectivity index (χ1n) is 9.46. The molecule has 3 heterocycles. The van der Waals surface area contributed by atoms with Gasteiger partial charge in [0.25, 0.3) is 5.56 Å². The average Bonchev–Trinajstić information content (AvgIpc) is 3.03. The van der Waals surface area contributed by atoms with Crippen molar-refractivity contribution in [1.29, 1.82) is 0 Å². The number of fused-ring (bicyclic) bond motifs is 1. The van der Waals surface area contributed by atoms with Crippen LogP contribution in [0, 0.1) is 0 Å². The van der Waals surface area contributed by atoms with Gasteiger partial charge < -0.3 is 14.6 Å². The first kappa shape index (κ1) is 17.9. The fourth-order valence-electron chi connectivity index (χ4n) is 3.08. The third kappa shape index (κ3) is 4.30. The van der Waals surface area contributed by atoms with E-state index in [2.05, 4.69) is 25.2 Å². The van der Waals surface area contributed by atoms with Crippen molar-refractivity contribution in [3.8, 4) is 0 Å². The molecule has 1 aliphatic heterocycles. The van der Waals surface area contributed by atoms with Gasteiger partial charge in [0, 0.05) is 32.7 Å². The first-order valence-corrected chi connectivity index (χ1v) is 9.72. The molecule has 0 aliphatic carbocycles. The largest absolute Gasteiger partial charge is 0.379 e. The molecule has 8 nitrogen and oxygen atoms in total. The minimum atomic E-state index is -0.334. The SMILES string of the molecule is [2H]c1nc2nc(NCc3ccc(Cl)c(Cl)c3)[nH]c(=O)c2n1CCN1CCOCC1. The Morgan fingerprint density at radius 1 is 1.25 bits per heavy atom. The molecule has 3 aromatic rings. The van der Waals surface area contributed by atoms with Gasteiger partial charge in [-0.25, -0.2) is 4.98 Å². The molecule has 1 aromatic carbocycles. The number of anilines is 1. The maximum absolute atomic E-state index is 12.6. The lowest BCUT2D eigenvalue weighted by atomic mass is 10.2. The van der Waals surface area contributed by atoms with Crippen molar-refractivity contribution >= 4 is 40.3 Å². The van der Waals surface area contributed by atoms with Crippen LogP contribution in [-0.2, 0) is 17.8 Å². The standard InChI is InChI=1S/C18H20Cl2N6O2/c19-13-2-1-12(9-14(13)20)10-21-18-23-16-15(17(27)24-18)26(11-22-16)4-3-25-5-7-28-8-6-25/h1-2,9,11H,3-8,10H2,(H2,21,23,24,27)/i11D. The van der Waals surface area contributed by atoms with Gasteiger partial charge in [-0.2, -0.15) is 4.98 Å². The molecule has 4 rings (SSSR count). The van der Waals surface area contributed by atoms with Crippen molar-refractivity contribution in [2.24, 2.45) is 0 Å². The lowest BCUT2D eigenvalue weighted by Gasteiger charge is -2.26. The normalized spacial score (nSPS) is 15.7. The highest BCUT2D eigenvalue weighted by Crippen LogP contribution is 2.22. The summed E-state index contributed by atoms with van der Waals surface area (Å²) < 4.78 is 15.1. The number of halogens is 2. The summed E-state index contributed by atoms with van der Waals surface area (Å²) in [6, 6.07) is 5.29. The monoisotopic (exact) mass is 423 g/mol. The molecular weight excluding hydrogens is 403 g/mol. The summed E-state index contributed by atoms with van der Waals surface area (Å²) in [6.07, 6.45) is 0.0212. The molecule has 0 radical (unpaired) electrons. The van der Waals surface area contributed by atoms with Gasteiger partial charge in [0.05, 0.1) is 29.6 Å². The van der Waals surface area contributed by atoms with Crippen LogP contribution in [0.15, 0.2) is 29.3 Å². The first-order chi connectivity index (χ1) is 14.0. The molecule has 1 fully saturated rings. The van der Waals surface area contributed by atoms with E-state index >= 15 is 0 Å². The van der Waals surface area contributed by atoms with E-state index in [-0.39, 0.29) is 23.5 Å². The molecule has 0 atom stereocenters. The minimum Gasteiger partial charge on any atom is -0.379 e. The number of ether oxygens (including phenoxy) is 1. The Balaban J connectivity index is 1.51. The van der Waals surface area contributed by atoms with Gasteiger partial charge in [-0.05, 0) is 17.7 Å². The summed E-state index contributed by atoms with van der Waals surface area (Å²) in [5.74, 6) is 0.284. The van der Waals surface area contributed by atoms with Gasteiger partial charge in [-0.1, -0.05) is 29.3 Å². The van der Waals surface area contributed by atoms with Crippen LogP contribution < -0.4 is 10.9 Å². The third-order valence-electron chi connectivity index (χ3n) is 4.61. The summed E-state index contributed by atoms with van der Waals surface area (Å²) in [5.41, 5.74) is 1.11. The van der Waals surface area contributed by atoms with E-state index < -0.39 is 0 Å². The number of aromatic nitrogens is 4. The third-order valence-corrected chi connectivity index (χ3v) is 5.35. The topological polar surface area (TPSA) is 88.1 Å². The Bertz CT molecular complexity index is 1080. The Kier molecular flexibility index (Phi) is 5.43. The molecule has 1 saturated heterocycles. The Hall–Kier alpha value is -2.13. The van der Waals surface area contributed by atoms with E-state index in [0.29, 0.717) is 41.9 Å². The number of H-pyrrole nitrogens is 1. The van der Waals surface area contributed by atoms with Gasteiger partial charge in [0.15, 0.2) is 11.2 Å². The van der Waals surface area contributed by atoms with E-state index in [9.17, 15) is 4.79 Å². The molecule has 0 spiro atoms. The van der Waals surface area contributed by atoms with Crippen LogP contribution in [0.5, 0.6) is 0 Å². The fraction of sp³-hybridized carbons (Fsp3) is 0.389. The van der Waals surface area contributed by atoms with E-state index in [0.717, 1.165) is 25.2 Å². The molecule has 0 unspecified atom stereocenters. The zero-order valence-electron chi connectivity index (χ0n) is 16.0. The number of imidazole rings is 1. The van der Waals surface area contributed by atoms with Crippen molar-refractivity contribution in [1.82, 2.24) is 24.4 Å². The van der Waals surface area contributed by atoms with E-state index in [1.807, 2.05) is 6.07 Å². The van der Waals surface area contributed by atoms with Gasteiger partial charge in [-0.15, -0.1) is 0 Å². The number of nitrogens with one attached hydrogen (secondary N) is 2. The smallest absolute Gasteiger partial charge is 0.278 e. The highest BCUT2D eigenvalue weighted by atomic mass is 35.5. The average molecular weight is 424 g/mol. The summed E-state index contributed by atoms with van der Waals surface area (Å²) >= 11 is 12.0. The maximum atomic E-state index is 12.6. The Labute approximate surface area is 172 Å². The Morgan fingerprint density at radius 3 is 2.86 bits per heavy atom. The summed E-state index contributed by atoms with van der Waals surface area (Å²) in [7, 11) is 0. The lowest BCUT2D eigenvalue weighted by Crippen LogP contribution is -2.38. The van der Waals surface area contributed by atoms with E-state index in [1.54, 1.807) is 16.7 Å². The molecule has 2 aromatic heterocycles. The number of morpholine rings is 1. The second kappa shape index (κ2) is 8.48. The van der Waals surface area contributed by atoms with Crippen molar-refractivity contribution < 1.29 is 6.11 Å². The molecule has 10 heteroatoms. The number of rotatable bonds is 6. The molecule has 2 N–H and O–H groups in total. The highest BCUT2D eigenvalue weighted by molar-refractivity contribution is 6.42. The van der Waals surface area contributed by atoms with Crippen molar-refractivity contribution in [3.63, 3.8) is 0 Å². The zero-order valence-corrected chi connectivity index (χ0v) is 16.6. The van der Waals surface area contributed by atoms with Gasteiger partial charge in [-0.3, -0.25) is 14.7 Å². The van der Waals surface area contributed by atoms with Crippen molar-refractivity contribution in [2.75, 3.05) is 38.2 Å². The van der Waals surface area contributed by atoms with Crippen LogP contribution in [0.2, 0.25) is 10.0 Å². The van der Waals surface area contributed by atoms with Crippen LogP contribution >= 0.6 is 23.2 Å². The summed E-state index contributed by atoms with van der Waals surface area (Å²) in [6.45, 7) is 4.71. The van der Waals surface area contributed by atoms with Crippen molar-refractivity contribution in [2.45, 2.75) is 13.1 Å². The second-order valence-corrected chi connectivity index (χ2v) is 7.32. The zero-order chi connectivity index (χ0) is 20.4. The number of hydrogen-bond donors (Lipinski definition) is 2. The van der Waals surface area contributed by atoms with Gasteiger partial charge in [0.2, 0.25) is 5.95 Å². The van der Waals surface area contributed by atoms with E-state index in [1.165, 1.54) is 0 Å². The molecule has 148 valence electrons. The molecule has 1 aliphatic rings. The van der Waals surface area contributed by atoms with Crippen LogP contribution in [0.25, 0.3) is 11.2 Å². The number of benzene rings is 1. The van der Waals surface area contributed by atoms with Gasteiger partial charge in [0.1, 0.15) is 1.37 Å². The maximum Gasteiger partial charge on any atom is 0.278 e. The molecule has 0 bridgehead atoms. The van der Waals surface area contributed by atoms with Crippen LogP contribution in [-0.4, -0.2) is 57.3 Å². The van der Waals surface area contributed by atoms with Crippen LogP contribution in [0.1, 0.15) is 6.93 Å². The number of nitrogens with zero attached hydrogens (tertiary/aromatic N) is 4. The quantitative estimate of drug-likeness (QED) is 0.632. The number of aromatic amines is 1. The predicted octanol–water partition coefficient (Wildman–Crippen LogP) is 2.37. The molecular formula is C18H20Cl2N6O2. The summed E-state index contributed by atoms with van der Waals surface area (Å²) in [4.78, 5) is 26.1. The number of hydrogen-bond acceptors (Lipinski definition) is 6. The summed E-state index contributed by atoms with van der Waals surface area (Å²) in [5, 5.41) is 3.99. The minimum absolute atomic E-state index is 0.0212. The highest BCUT2D eigenvalue weighted by Gasteiger charge is 2.14. The van der Waals surface area contributed by atoms with Crippen LogP contribution in [0.3, 0.4) is 0 Å². The predicted molar refractivity (Wildman–Crippen MR) is 109 cm³/mol. The molecule has 0 saturated carbocycles.